The Bertz CT molecular complexity index is 576. The number of methoxy groups -OCH3 is 1. The summed E-state index contributed by atoms with van der Waals surface area (Å²) in [5, 5.41) is 0.703. The molecule has 1 amide bonds. The van der Waals surface area contributed by atoms with E-state index in [4.69, 9.17) is 4.74 Å². The van der Waals surface area contributed by atoms with E-state index in [2.05, 4.69) is 11.6 Å². The highest BCUT2D eigenvalue weighted by atomic mass is 32.2. The van der Waals surface area contributed by atoms with Gasteiger partial charge in [0, 0.05) is 13.6 Å². The molecule has 2 rings (SSSR count). The minimum absolute atomic E-state index is 0.197. The molecule has 0 N–H and O–H groups in total. The van der Waals surface area contributed by atoms with E-state index in [0.29, 0.717) is 16.6 Å². The first-order chi connectivity index (χ1) is 9.63. The third-order valence-corrected chi connectivity index (χ3v) is 3.85. The number of carbonyl (C=O) groups excluding carboxylic acids is 1. The Balaban J connectivity index is 2.12. The van der Waals surface area contributed by atoms with Crippen LogP contribution < -0.4 is 4.74 Å². The van der Waals surface area contributed by atoms with Gasteiger partial charge in [0.05, 0.1) is 12.0 Å². The van der Waals surface area contributed by atoms with Gasteiger partial charge in [0.25, 0.3) is 5.91 Å². The number of likely N-dealkylation sites (N-methyl/N-ethyl adjacent to an activating group) is 1. The molecule has 20 heavy (non-hydrogen) atoms. The molecule has 0 saturated carbocycles. The number of amides is 1. The third kappa shape index (κ3) is 3.30. The normalized spacial score (nSPS) is 16.2. The molecule has 0 radical (unpaired) electrons. The molecule has 104 valence electrons. The number of hydrogen-bond donors (Lipinski definition) is 0. The molecule has 0 unspecified atom stereocenters. The van der Waals surface area contributed by atoms with Crippen LogP contribution >= 0.6 is 11.8 Å². The molecule has 1 aliphatic heterocycles. The topological polar surface area (TPSA) is 41.9 Å². The maximum absolute atomic E-state index is 11.9. The summed E-state index contributed by atoms with van der Waals surface area (Å²) in [7, 11) is 3.51. The van der Waals surface area contributed by atoms with Gasteiger partial charge in [-0.1, -0.05) is 18.2 Å². The number of carbonyl (C=O) groups is 1. The summed E-state index contributed by atoms with van der Waals surface area (Å²) in [5.41, 5.74) is 0.949. The van der Waals surface area contributed by atoms with E-state index in [1.165, 1.54) is 11.8 Å². The summed E-state index contributed by atoms with van der Waals surface area (Å²) in [6.45, 7) is 4.34. The molecule has 5 heteroatoms. The molecular weight excluding hydrogens is 272 g/mol. The van der Waals surface area contributed by atoms with Crippen molar-refractivity contribution in [2.45, 2.75) is 0 Å². The molecular formula is C15H16N2O2S. The van der Waals surface area contributed by atoms with Gasteiger partial charge in [0.1, 0.15) is 5.75 Å². The maximum Gasteiger partial charge on any atom is 0.286 e. The van der Waals surface area contributed by atoms with Crippen LogP contribution in [-0.4, -0.2) is 36.7 Å². The lowest BCUT2D eigenvalue weighted by Gasteiger charge is -2.14. The number of nitrogens with zero attached hydrogens (tertiary/aromatic N) is 2. The van der Waals surface area contributed by atoms with Gasteiger partial charge >= 0.3 is 0 Å². The molecule has 1 aromatic rings. The van der Waals surface area contributed by atoms with Crippen LogP contribution in [0.3, 0.4) is 0 Å². The summed E-state index contributed by atoms with van der Waals surface area (Å²) in [6, 6.07) is 7.54. The van der Waals surface area contributed by atoms with Crippen LogP contribution in [-0.2, 0) is 4.79 Å². The lowest BCUT2D eigenvalue weighted by Crippen LogP contribution is -2.22. The van der Waals surface area contributed by atoms with E-state index in [-0.39, 0.29) is 5.91 Å². The molecule has 0 atom stereocenters. The zero-order valence-electron chi connectivity index (χ0n) is 11.5. The molecule has 0 aromatic heterocycles. The number of rotatable bonds is 4. The van der Waals surface area contributed by atoms with Crippen LogP contribution in [0.4, 0.5) is 0 Å². The standard InChI is InChI=1S/C15H16N2O2S/c1-4-9-17(2)15-16-14(18)13(20-15)10-11-5-7-12(19-3)8-6-11/h4-8,10H,1,9H2,2-3H3/b13-10-. The number of aliphatic imine (C=N–C) groups is 1. The fraction of sp³-hybridized carbons (Fsp3) is 0.200. The highest BCUT2D eigenvalue weighted by Crippen LogP contribution is 2.29. The highest BCUT2D eigenvalue weighted by molar-refractivity contribution is 8.18. The van der Waals surface area contributed by atoms with Gasteiger partial charge in [-0.3, -0.25) is 4.79 Å². The maximum atomic E-state index is 11.9. The fourth-order valence-electron chi connectivity index (χ4n) is 1.68. The first kappa shape index (κ1) is 14.4. The van der Waals surface area contributed by atoms with Crippen LogP contribution in [0.2, 0.25) is 0 Å². The van der Waals surface area contributed by atoms with Gasteiger partial charge in [-0.2, -0.15) is 4.99 Å². The molecule has 0 bridgehead atoms. The minimum atomic E-state index is -0.197. The minimum Gasteiger partial charge on any atom is -0.497 e. The van der Waals surface area contributed by atoms with Gasteiger partial charge < -0.3 is 9.64 Å². The van der Waals surface area contributed by atoms with Gasteiger partial charge in [0.15, 0.2) is 5.17 Å². The Kier molecular flexibility index (Phi) is 4.63. The number of ether oxygens (including phenoxy) is 1. The summed E-state index contributed by atoms with van der Waals surface area (Å²) in [6.07, 6.45) is 3.61. The van der Waals surface area contributed by atoms with E-state index in [1.807, 2.05) is 42.3 Å². The van der Waals surface area contributed by atoms with E-state index < -0.39 is 0 Å². The van der Waals surface area contributed by atoms with Gasteiger partial charge in [-0.05, 0) is 35.5 Å². The Hall–Kier alpha value is -2.01. The summed E-state index contributed by atoms with van der Waals surface area (Å²) < 4.78 is 5.10. The van der Waals surface area contributed by atoms with Gasteiger partial charge in [0.2, 0.25) is 0 Å². The lowest BCUT2D eigenvalue weighted by atomic mass is 10.2. The van der Waals surface area contributed by atoms with Crippen LogP contribution in [0.1, 0.15) is 5.56 Å². The van der Waals surface area contributed by atoms with Crippen molar-refractivity contribution >= 4 is 28.9 Å². The number of thioether (sulfide) groups is 1. The lowest BCUT2D eigenvalue weighted by molar-refractivity contribution is -0.113. The van der Waals surface area contributed by atoms with Crippen molar-refractivity contribution in [3.05, 3.63) is 47.4 Å². The average Bonchev–Trinajstić information content (AvgIpc) is 2.81. The van der Waals surface area contributed by atoms with Crippen molar-refractivity contribution in [3.63, 3.8) is 0 Å². The van der Waals surface area contributed by atoms with Crippen LogP contribution in [0, 0.1) is 0 Å². The summed E-state index contributed by atoms with van der Waals surface area (Å²) >= 11 is 1.38. The first-order valence-corrected chi connectivity index (χ1v) is 6.94. The number of hydrogen-bond acceptors (Lipinski definition) is 4. The monoisotopic (exact) mass is 288 g/mol. The second-order valence-electron chi connectivity index (χ2n) is 4.25. The zero-order chi connectivity index (χ0) is 14.5. The Labute approximate surface area is 122 Å². The SMILES string of the molecule is C=CCN(C)C1=NC(=O)/C(=C/c2ccc(OC)cc2)S1. The van der Waals surface area contributed by atoms with Crippen LogP contribution in [0.15, 0.2) is 46.8 Å². The van der Waals surface area contributed by atoms with Crippen molar-refractivity contribution in [1.82, 2.24) is 4.90 Å². The molecule has 1 aliphatic rings. The Morgan fingerprint density at radius 3 is 2.70 bits per heavy atom. The van der Waals surface area contributed by atoms with Crippen LogP contribution in [0.5, 0.6) is 5.75 Å². The second kappa shape index (κ2) is 6.43. The largest absolute Gasteiger partial charge is 0.497 e. The van der Waals surface area contributed by atoms with E-state index in [9.17, 15) is 4.79 Å². The fourth-order valence-corrected chi connectivity index (χ4v) is 2.57. The van der Waals surface area contributed by atoms with Crippen molar-refractivity contribution in [2.24, 2.45) is 4.99 Å². The molecule has 0 spiro atoms. The quantitative estimate of drug-likeness (QED) is 0.631. The van der Waals surface area contributed by atoms with Crippen molar-refractivity contribution < 1.29 is 9.53 Å². The Morgan fingerprint density at radius 2 is 2.10 bits per heavy atom. The second-order valence-corrected chi connectivity index (χ2v) is 5.26. The van der Waals surface area contributed by atoms with Crippen molar-refractivity contribution in [3.8, 4) is 5.75 Å². The smallest absolute Gasteiger partial charge is 0.286 e. The highest BCUT2D eigenvalue weighted by Gasteiger charge is 2.23. The molecule has 0 fully saturated rings. The molecule has 0 aliphatic carbocycles. The van der Waals surface area contributed by atoms with Crippen LogP contribution in [0.25, 0.3) is 6.08 Å². The van der Waals surface area contributed by atoms with Crippen molar-refractivity contribution in [2.75, 3.05) is 20.7 Å². The Morgan fingerprint density at radius 1 is 1.40 bits per heavy atom. The van der Waals surface area contributed by atoms with Gasteiger partial charge in [-0.25, -0.2) is 0 Å². The summed E-state index contributed by atoms with van der Waals surface area (Å²) in [5.74, 6) is 0.594. The van der Waals surface area contributed by atoms with E-state index >= 15 is 0 Å². The molecule has 4 nitrogen and oxygen atoms in total. The molecule has 1 heterocycles. The van der Waals surface area contributed by atoms with Crippen molar-refractivity contribution in [1.29, 1.82) is 0 Å². The predicted molar refractivity (Wildman–Crippen MR) is 83.8 cm³/mol. The first-order valence-electron chi connectivity index (χ1n) is 6.12. The molecule has 1 aromatic carbocycles. The third-order valence-electron chi connectivity index (χ3n) is 2.75. The van der Waals surface area contributed by atoms with E-state index in [0.717, 1.165) is 11.3 Å². The summed E-state index contributed by atoms with van der Waals surface area (Å²) in [4.78, 5) is 18.4. The predicted octanol–water partition coefficient (Wildman–Crippen LogP) is 2.78. The molecule has 0 saturated heterocycles. The average molecular weight is 288 g/mol. The zero-order valence-corrected chi connectivity index (χ0v) is 12.3. The number of benzene rings is 1. The number of amidine groups is 1. The van der Waals surface area contributed by atoms with E-state index in [1.54, 1.807) is 13.2 Å². The van der Waals surface area contributed by atoms with Gasteiger partial charge in [-0.15, -0.1) is 6.58 Å².